The Labute approximate surface area is 255 Å². The summed E-state index contributed by atoms with van der Waals surface area (Å²) in [5.41, 5.74) is 5.28. The minimum atomic E-state index is -4.30. The van der Waals surface area contributed by atoms with E-state index >= 15 is 0 Å². The van der Waals surface area contributed by atoms with Crippen LogP contribution in [0.4, 0.5) is 5.82 Å². The number of carbonyl (C=O) groups is 1. The smallest absolute Gasteiger partial charge is 0.459 e. The minimum absolute atomic E-state index is 0.0400. The number of benzene rings is 1. The van der Waals surface area contributed by atoms with Crippen molar-refractivity contribution < 1.29 is 37.4 Å². The molecule has 0 spiro atoms. The summed E-state index contributed by atoms with van der Waals surface area (Å²) in [5.74, 6) is -1.38. The fraction of sp³-hybridized carbons (Fsp3) is 0.607. The highest BCUT2D eigenvalue weighted by molar-refractivity contribution is 7.52. The molecule has 0 amide bonds. The molecule has 2 aliphatic heterocycles. The van der Waals surface area contributed by atoms with Gasteiger partial charge in [-0.2, -0.15) is 10.1 Å². The van der Waals surface area contributed by atoms with Crippen LogP contribution >= 0.6 is 19.3 Å². The number of nitrogens with zero attached hydrogens (tertiary/aromatic N) is 2. The number of fused-ring (bicyclic) bond motifs is 1. The number of carbonyl (C=O) groups excluding carboxylic acids is 1. The molecule has 0 bridgehead atoms. The maximum Gasteiger partial charge on any atom is 0.459 e. The molecule has 0 aliphatic carbocycles. The van der Waals surface area contributed by atoms with E-state index in [0.29, 0.717) is 16.1 Å². The first-order valence-corrected chi connectivity index (χ1v) is 16.0. The van der Waals surface area contributed by atoms with Gasteiger partial charge in [-0.3, -0.25) is 13.9 Å². The second-order valence-corrected chi connectivity index (χ2v) is 13.7. The number of anilines is 1. The van der Waals surface area contributed by atoms with Crippen LogP contribution < -0.4 is 21.0 Å². The van der Waals surface area contributed by atoms with Crippen molar-refractivity contribution in [2.45, 2.75) is 97.2 Å². The molecule has 43 heavy (non-hydrogen) atoms. The summed E-state index contributed by atoms with van der Waals surface area (Å²) in [6.07, 6.45) is -1.15. The number of halogens is 1. The lowest BCUT2D eigenvalue weighted by atomic mass is 9.96. The zero-order chi connectivity index (χ0) is 31.9. The Balaban J connectivity index is 1.67. The van der Waals surface area contributed by atoms with Gasteiger partial charge >= 0.3 is 19.4 Å². The van der Waals surface area contributed by atoms with E-state index in [1.807, 2.05) is 13.8 Å². The zero-order valence-electron chi connectivity index (χ0n) is 25.6. The van der Waals surface area contributed by atoms with Crippen LogP contribution in [0.3, 0.4) is 0 Å². The molecule has 2 fully saturated rings. The SMILES string of the molecule is CCOC(=O)[C@H](C)NP(=O)(OC[C@H]1O[C@@H](n2ccc(N)nc2=O)[C@]2(C)OC(C)(C)O[C@H]12)Oc1cc(C)c(Cl)cc1C(C)C. The predicted molar refractivity (Wildman–Crippen MR) is 159 cm³/mol. The Bertz CT molecular complexity index is 1470. The van der Waals surface area contributed by atoms with Crippen molar-refractivity contribution in [1.29, 1.82) is 0 Å². The minimum Gasteiger partial charge on any atom is -0.465 e. The molecule has 4 rings (SSSR count). The maximum absolute atomic E-state index is 14.4. The summed E-state index contributed by atoms with van der Waals surface area (Å²) < 4.78 is 51.5. The number of hydrogen-bond donors (Lipinski definition) is 2. The largest absolute Gasteiger partial charge is 0.465 e. The van der Waals surface area contributed by atoms with E-state index in [0.717, 1.165) is 0 Å². The van der Waals surface area contributed by atoms with Crippen molar-refractivity contribution in [3.05, 3.63) is 51.0 Å². The molecule has 2 saturated heterocycles. The van der Waals surface area contributed by atoms with Crippen molar-refractivity contribution in [2.75, 3.05) is 18.9 Å². The highest BCUT2D eigenvalue weighted by Gasteiger charge is 2.64. The van der Waals surface area contributed by atoms with E-state index in [2.05, 4.69) is 10.1 Å². The van der Waals surface area contributed by atoms with Crippen LogP contribution in [0.15, 0.2) is 29.2 Å². The lowest BCUT2D eigenvalue weighted by molar-refractivity contribution is -0.217. The molecule has 1 unspecified atom stereocenters. The van der Waals surface area contributed by atoms with Crippen LogP contribution in [0, 0.1) is 6.92 Å². The molecular weight excluding hydrogens is 603 g/mol. The number of nitrogens with one attached hydrogen (secondary N) is 1. The van der Waals surface area contributed by atoms with Crippen LogP contribution in [0.5, 0.6) is 5.75 Å². The van der Waals surface area contributed by atoms with Crippen molar-refractivity contribution in [3.8, 4) is 5.75 Å². The molecule has 6 atom stereocenters. The number of hydrogen-bond acceptors (Lipinski definition) is 11. The lowest BCUT2D eigenvalue weighted by Crippen LogP contribution is -2.45. The van der Waals surface area contributed by atoms with E-state index in [1.54, 1.807) is 46.8 Å². The fourth-order valence-corrected chi connectivity index (χ4v) is 6.96. The normalized spacial score (nSPS) is 26.6. The average molecular weight is 643 g/mol. The van der Waals surface area contributed by atoms with Gasteiger partial charge in [0.15, 0.2) is 12.0 Å². The van der Waals surface area contributed by atoms with Gasteiger partial charge in [-0.25, -0.2) is 9.36 Å². The first-order chi connectivity index (χ1) is 20.0. The summed E-state index contributed by atoms with van der Waals surface area (Å²) >= 11 is 6.37. The fourth-order valence-electron chi connectivity index (χ4n) is 5.26. The summed E-state index contributed by atoms with van der Waals surface area (Å²) in [6.45, 7) is 13.9. The summed E-state index contributed by atoms with van der Waals surface area (Å²) in [4.78, 5) is 29.0. The summed E-state index contributed by atoms with van der Waals surface area (Å²) in [7, 11) is -4.30. The van der Waals surface area contributed by atoms with Crippen LogP contribution in [-0.2, 0) is 32.8 Å². The van der Waals surface area contributed by atoms with Crippen LogP contribution in [0.25, 0.3) is 0 Å². The van der Waals surface area contributed by atoms with Gasteiger partial charge in [0, 0.05) is 11.2 Å². The number of rotatable bonds is 11. The first-order valence-electron chi connectivity index (χ1n) is 14.1. The third kappa shape index (κ3) is 7.09. The Hall–Kier alpha value is -2.51. The van der Waals surface area contributed by atoms with Gasteiger partial charge in [0.25, 0.3) is 0 Å². The van der Waals surface area contributed by atoms with Gasteiger partial charge in [-0.05, 0) is 76.8 Å². The monoisotopic (exact) mass is 642 g/mol. The average Bonchev–Trinajstić information content (AvgIpc) is 3.29. The van der Waals surface area contributed by atoms with Crippen molar-refractivity contribution in [1.82, 2.24) is 14.6 Å². The number of aryl methyl sites for hydroxylation is 1. The topological polar surface area (TPSA) is 162 Å². The number of ether oxygens (including phenoxy) is 4. The molecule has 3 heterocycles. The quantitative estimate of drug-likeness (QED) is 0.262. The Morgan fingerprint density at radius 2 is 1.98 bits per heavy atom. The van der Waals surface area contributed by atoms with Gasteiger partial charge in [-0.1, -0.05) is 25.4 Å². The third-order valence-corrected chi connectivity index (χ3v) is 9.25. The van der Waals surface area contributed by atoms with Gasteiger partial charge in [-0.15, -0.1) is 0 Å². The third-order valence-electron chi connectivity index (χ3n) is 7.21. The molecule has 3 N–H and O–H groups in total. The Kier molecular flexibility index (Phi) is 9.68. The standard InChI is InChI=1S/C28H40ClN4O9P/c1-9-37-24(34)17(5)32-43(36,41-20-12-16(4)19(29)13-18(20)15(2)3)38-14-21-23-28(8,42-27(6,7)40-23)25(39-21)33-11-10-22(30)31-26(33)35/h10-13,15,17,21,23,25H,9,14H2,1-8H3,(H,32,36)(H2,30,31,35)/t17-,21+,23+,25+,28+,43?/m0/s1. The highest BCUT2D eigenvalue weighted by atomic mass is 35.5. The van der Waals surface area contributed by atoms with Crippen molar-refractivity contribution in [3.63, 3.8) is 0 Å². The predicted octanol–water partition coefficient (Wildman–Crippen LogP) is 4.46. The van der Waals surface area contributed by atoms with E-state index in [-0.39, 0.29) is 30.7 Å². The summed E-state index contributed by atoms with van der Waals surface area (Å²) in [6, 6.07) is 3.84. The molecule has 13 nitrogen and oxygen atoms in total. The molecule has 2 aliphatic rings. The van der Waals surface area contributed by atoms with E-state index in [4.69, 9.17) is 45.3 Å². The van der Waals surface area contributed by atoms with Gasteiger partial charge in [0.05, 0.1) is 13.2 Å². The van der Waals surface area contributed by atoms with E-state index < -0.39 is 55.3 Å². The number of aromatic nitrogens is 2. The molecule has 0 saturated carbocycles. The second-order valence-electron chi connectivity index (χ2n) is 11.6. The Morgan fingerprint density at radius 1 is 1.28 bits per heavy atom. The van der Waals surface area contributed by atoms with Gasteiger partial charge in [0.1, 0.15) is 35.4 Å². The van der Waals surface area contributed by atoms with E-state index in [9.17, 15) is 14.2 Å². The molecule has 1 aromatic carbocycles. The summed E-state index contributed by atoms with van der Waals surface area (Å²) in [5, 5.41) is 3.22. The van der Waals surface area contributed by atoms with Crippen LogP contribution in [-0.4, -0.2) is 58.4 Å². The van der Waals surface area contributed by atoms with Crippen LogP contribution in [0.1, 0.15) is 71.7 Å². The van der Waals surface area contributed by atoms with Crippen LogP contribution in [0.2, 0.25) is 5.02 Å². The number of esters is 1. The molecule has 15 heteroatoms. The molecule has 2 aromatic rings. The molecule has 0 radical (unpaired) electrons. The number of nitrogens with two attached hydrogens (primary N) is 1. The highest BCUT2D eigenvalue weighted by Crippen LogP contribution is 2.53. The zero-order valence-corrected chi connectivity index (χ0v) is 27.2. The lowest BCUT2D eigenvalue weighted by Gasteiger charge is -2.30. The Morgan fingerprint density at radius 3 is 2.60 bits per heavy atom. The van der Waals surface area contributed by atoms with Gasteiger partial charge < -0.3 is 29.2 Å². The molecular formula is C28H40ClN4O9P. The van der Waals surface area contributed by atoms with Gasteiger partial charge in [0.2, 0.25) is 0 Å². The first kappa shape index (κ1) is 33.4. The molecule has 238 valence electrons. The van der Waals surface area contributed by atoms with Crippen molar-refractivity contribution >= 4 is 31.1 Å². The molecule has 1 aromatic heterocycles. The number of nitrogen functional groups attached to an aromatic ring is 1. The maximum atomic E-state index is 14.4. The van der Waals surface area contributed by atoms with E-state index in [1.165, 1.54) is 23.8 Å². The second kappa shape index (κ2) is 12.5. The van der Waals surface area contributed by atoms with Crippen molar-refractivity contribution in [2.24, 2.45) is 0 Å².